The van der Waals surface area contributed by atoms with E-state index in [9.17, 15) is 0 Å². The molecule has 0 saturated carbocycles. The molecule has 2 aromatic carbocycles. The highest BCUT2D eigenvalue weighted by Crippen LogP contribution is 2.34. The molecule has 1 atom stereocenters. The average molecular weight is 378 g/mol. The molecule has 3 rings (SSSR count). The van der Waals surface area contributed by atoms with Gasteiger partial charge in [0.15, 0.2) is 11.5 Å². The molecule has 2 N–H and O–H groups in total. The molecule has 0 aliphatic carbocycles. The number of benzene rings is 2. The minimum atomic E-state index is 0. The second-order valence-electron chi connectivity index (χ2n) is 6.39. The number of ether oxygens (including phenoxy) is 3. The molecule has 1 aliphatic heterocycles. The smallest absolute Gasteiger partial charge is 0.161 e. The van der Waals surface area contributed by atoms with Crippen molar-refractivity contribution in [1.29, 1.82) is 0 Å². The van der Waals surface area contributed by atoms with Gasteiger partial charge in [-0.15, -0.1) is 12.4 Å². The summed E-state index contributed by atoms with van der Waals surface area (Å²) in [4.78, 5) is 0. The van der Waals surface area contributed by atoms with Crippen LogP contribution in [0.4, 0.5) is 0 Å². The van der Waals surface area contributed by atoms with E-state index in [0.29, 0.717) is 19.1 Å². The van der Waals surface area contributed by atoms with Gasteiger partial charge >= 0.3 is 0 Å². The van der Waals surface area contributed by atoms with Gasteiger partial charge in [0.05, 0.1) is 6.61 Å². The van der Waals surface area contributed by atoms with E-state index >= 15 is 0 Å². The molecule has 1 aliphatic rings. The molecule has 1 fully saturated rings. The normalized spacial score (nSPS) is 15.8. The Balaban J connectivity index is 0.00000243. The zero-order valence-corrected chi connectivity index (χ0v) is 16.0. The van der Waals surface area contributed by atoms with Crippen molar-refractivity contribution in [2.75, 3.05) is 19.8 Å². The first-order chi connectivity index (χ1) is 12.3. The van der Waals surface area contributed by atoms with Crippen molar-refractivity contribution in [3.63, 3.8) is 0 Å². The predicted octanol–water partition coefficient (Wildman–Crippen LogP) is 4.51. The predicted molar refractivity (Wildman–Crippen MR) is 106 cm³/mol. The zero-order chi connectivity index (χ0) is 17.5. The van der Waals surface area contributed by atoms with Crippen LogP contribution in [-0.2, 0) is 11.3 Å². The molecule has 0 aromatic heterocycles. The van der Waals surface area contributed by atoms with Crippen LogP contribution in [0.1, 0.15) is 36.9 Å². The first-order valence-electron chi connectivity index (χ1n) is 9.04. The Morgan fingerprint density at radius 1 is 1.04 bits per heavy atom. The summed E-state index contributed by atoms with van der Waals surface area (Å²) in [6.45, 7) is 4.69. The van der Waals surface area contributed by atoms with E-state index in [2.05, 4.69) is 18.2 Å². The first kappa shape index (κ1) is 20.6. The summed E-state index contributed by atoms with van der Waals surface area (Å²) in [6, 6.07) is 16.2. The highest BCUT2D eigenvalue weighted by molar-refractivity contribution is 5.85. The minimum Gasteiger partial charge on any atom is -0.490 e. The molecule has 0 unspecified atom stereocenters. The lowest BCUT2D eigenvalue weighted by Gasteiger charge is -2.28. The van der Waals surface area contributed by atoms with Gasteiger partial charge in [-0.3, -0.25) is 0 Å². The van der Waals surface area contributed by atoms with E-state index in [1.54, 1.807) is 0 Å². The topological polar surface area (TPSA) is 53.7 Å². The van der Waals surface area contributed by atoms with E-state index < -0.39 is 0 Å². The third kappa shape index (κ3) is 5.37. The highest BCUT2D eigenvalue weighted by Gasteiger charge is 2.23. The van der Waals surface area contributed by atoms with E-state index in [-0.39, 0.29) is 18.4 Å². The zero-order valence-electron chi connectivity index (χ0n) is 15.2. The SMILES string of the molecule is CCOc1cc([C@H](N)C2CCOCC2)ccc1OCc1ccccc1.Cl. The van der Waals surface area contributed by atoms with Crippen molar-refractivity contribution in [3.8, 4) is 11.5 Å². The van der Waals surface area contributed by atoms with Crippen molar-refractivity contribution >= 4 is 12.4 Å². The van der Waals surface area contributed by atoms with Crippen LogP contribution < -0.4 is 15.2 Å². The van der Waals surface area contributed by atoms with Crippen molar-refractivity contribution < 1.29 is 14.2 Å². The van der Waals surface area contributed by atoms with Gasteiger partial charge < -0.3 is 19.9 Å². The fourth-order valence-electron chi connectivity index (χ4n) is 3.20. The molecule has 0 spiro atoms. The van der Waals surface area contributed by atoms with Crippen LogP contribution in [0.15, 0.2) is 48.5 Å². The lowest BCUT2D eigenvalue weighted by molar-refractivity contribution is 0.0583. The second kappa shape index (κ2) is 10.4. The Labute approximate surface area is 162 Å². The molecule has 0 radical (unpaired) electrons. The van der Waals surface area contributed by atoms with E-state index in [0.717, 1.165) is 48.7 Å². The molecule has 26 heavy (non-hydrogen) atoms. The quantitative estimate of drug-likeness (QED) is 0.771. The van der Waals surface area contributed by atoms with Gasteiger partial charge in [-0.2, -0.15) is 0 Å². The molecule has 4 nitrogen and oxygen atoms in total. The molecule has 1 heterocycles. The van der Waals surface area contributed by atoms with Gasteiger partial charge in [0.1, 0.15) is 6.61 Å². The molecule has 0 bridgehead atoms. The van der Waals surface area contributed by atoms with E-state index in [4.69, 9.17) is 19.9 Å². The maximum Gasteiger partial charge on any atom is 0.161 e. The largest absolute Gasteiger partial charge is 0.490 e. The molecule has 142 valence electrons. The Bertz CT molecular complexity index is 660. The Kier molecular flexibility index (Phi) is 8.23. The standard InChI is InChI=1S/C21H27NO3.ClH/c1-2-24-20-14-18(21(22)17-10-12-23-13-11-17)8-9-19(20)25-15-16-6-4-3-5-7-16;/h3-9,14,17,21H,2,10-13,15,22H2,1H3;1H/t21-;/m1./s1. The Hall–Kier alpha value is -1.75. The van der Waals surface area contributed by atoms with Crippen LogP contribution in [0, 0.1) is 5.92 Å². The molecular formula is C21H28ClNO3. The lowest BCUT2D eigenvalue weighted by atomic mass is 9.87. The lowest BCUT2D eigenvalue weighted by Crippen LogP contribution is -2.27. The monoisotopic (exact) mass is 377 g/mol. The fraction of sp³-hybridized carbons (Fsp3) is 0.429. The summed E-state index contributed by atoms with van der Waals surface area (Å²) in [5.41, 5.74) is 8.73. The summed E-state index contributed by atoms with van der Waals surface area (Å²) in [7, 11) is 0. The summed E-state index contributed by atoms with van der Waals surface area (Å²) in [5, 5.41) is 0. The van der Waals surface area contributed by atoms with Gasteiger partial charge in [0, 0.05) is 19.3 Å². The van der Waals surface area contributed by atoms with Crippen LogP contribution in [0.2, 0.25) is 0 Å². The summed E-state index contributed by atoms with van der Waals surface area (Å²) < 4.78 is 17.2. The number of halogens is 1. The van der Waals surface area contributed by atoms with Crippen molar-refractivity contribution in [3.05, 3.63) is 59.7 Å². The second-order valence-corrected chi connectivity index (χ2v) is 6.39. The first-order valence-corrected chi connectivity index (χ1v) is 9.04. The molecular weight excluding hydrogens is 350 g/mol. The molecule has 1 saturated heterocycles. The van der Waals surface area contributed by atoms with Crippen LogP contribution >= 0.6 is 12.4 Å². The Morgan fingerprint density at radius 2 is 1.77 bits per heavy atom. The summed E-state index contributed by atoms with van der Waals surface area (Å²) in [5.74, 6) is 1.98. The van der Waals surface area contributed by atoms with Crippen LogP contribution in [0.5, 0.6) is 11.5 Å². The Morgan fingerprint density at radius 3 is 2.46 bits per heavy atom. The van der Waals surface area contributed by atoms with Crippen molar-refractivity contribution in [2.24, 2.45) is 11.7 Å². The minimum absolute atomic E-state index is 0. The molecule has 2 aromatic rings. The van der Waals surface area contributed by atoms with E-state index in [1.807, 2.05) is 37.3 Å². The van der Waals surface area contributed by atoms with Gasteiger partial charge in [-0.05, 0) is 48.9 Å². The summed E-state index contributed by atoms with van der Waals surface area (Å²) in [6.07, 6.45) is 2.02. The average Bonchev–Trinajstić information content (AvgIpc) is 2.68. The maximum absolute atomic E-state index is 6.50. The molecule has 5 heteroatoms. The molecule has 0 amide bonds. The van der Waals surface area contributed by atoms with Crippen molar-refractivity contribution in [2.45, 2.75) is 32.4 Å². The summed E-state index contributed by atoms with van der Waals surface area (Å²) >= 11 is 0. The van der Waals surface area contributed by atoms with Gasteiger partial charge in [-0.1, -0.05) is 36.4 Å². The van der Waals surface area contributed by atoms with Crippen LogP contribution in [-0.4, -0.2) is 19.8 Å². The fourth-order valence-corrected chi connectivity index (χ4v) is 3.20. The van der Waals surface area contributed by atoms with Crippen molar-refractivity contribution in [1.82, 2.24) is 0 Å². The number of nitrogens with two attached hydrogens (primary N) is 1. The third-order valence-corrected chi connectivity index (χ3v) is 4.66. The maximum atomic E-state index is 6.50. The number of hydrogen-bond acceptors (Lipinski definition) is 4. The van der Waals surface area contributed by atoms with Crippen LogP contribution in [0.25, 0.3) is 0 Å². The van der Waals surface area contributed by atoms with Gasteiger partial charge in [-0.25, -0.2) is 0 Å². The van der Waals surface area contributed by atoms with Crippen LogP contribution in [0.3, 0.4) is 0 Å². The number of hydrogen-bond donors (Lipinski definition) is 1. The van der Waals surface area contributed by atoms with Gasteiger partial charge in [0.25, 0.3) is 0 Å². The van der Waals surface area contributed by atoms with E-state index in [1.165, 1.54) is 0 Å². The third-order valence-electron chi connectivity index (χ3n) is 4.66. The highest BCUT2D eigenvalue weighted by atomic mass is 35.5. The van der Waals surface area contributed by atoms with Gasteiger partial charge in [0.2, 0.25) is 0 Å². The number of rotatable bonds is 7.